The second kappa shape index (κ2) is 8.77. The van der Waals surface area contributed by atoms with Gasteiger partial charge in [0.05, 0.1) is 11.8 Å². The van der Waals surface area contributed by atoms with Gasteiger partial charge in [0.15, 0.2) is 6.61 Å². The van der Waals surface area contributed by atoms with Crippen molar-refractivity contribution in [3.63, 3.8) is 0 Å². The Kier molecular flexibility index (Phi) is 7.48. The Morgan fingerprint density at radius 3 is 1.64 bits per heavy atom. The molecular weight excluding hydrogens is 538 g/mol. The van der Waals surface area contributed by atoms with E-state index < -0.39 is 72.3 Å². The quantitative estimate of drug-likeness (QED) is 0.207. The molecule has 5 unspecified atom stereocenters. The molecule has 0 radical (unpaired) electrons. The Bertz CT molecular complexity index is 840. The molecule has 5 atom stereocenters. The fourth-order valence-corrected chi connectivity index (χ4v) is 5.18. The molecule has 0 aromatic rings. The number of esters is 1. The Hall–Kier alpha value is -1.51. The van der Waals surface area contributed by atoms with Crippen LogP contribution < -0.4 is 0 Å². The number of carbonyl (C=O) groups is 1. The van der Waals surface area contributed by atoms with Gasteiger partial charge in [0.25, 0.3) is 0 Å². The summed E-state index contributed by atoms with van der Waals surface area (Å²) in [7, 11) is 0. The van der Waals surface area contributed by atoms with E-state index in [-0.39, 0.29) is 24.2 Å². The first-order valence-electron chi connectivity index (χ1n) is 10.5. The average Bonchev–Trinajstić information content (AvgIpc) is 3.20. The molecule has 0 aliphatic heterocycles. The van der Waals surface area contributed by atoms with Gasteiger partial charge in [-0.25, -0.2) is 8.78 Å². The van der Waals surface area contributed by atoms with Gasteiger partial charge in [0.2, 0.25) is 6.43 Å². The third kappa shape index (κ3) is 4.21. The van der Waals surface area contributed by atoms with Gasteiger partial charge in [-0.05, 0) is 43.4 Å². The predicted molar refractivity (Wildman–Crippen MR) is 93.9 cm³/mol. The zero-order valence-electron chi connectivity index (χ0n) is 18.8. The van der Waals surface area contributed by atoms with E-state index in [0.717, 1.165) is 0 Å². The van der Waals surface area contributed by atoms with Crippen molar-refractivity contribution in [2.75, 3.05) is 6.61 Å². The lowest BCUT2D eigenvalue weighted by Crippen LogP contribution is -2.71. The number of rotatable bonds is 10. The van der Waals surface area contributed by atoms with Crippen molar-refractivity contribution in [2.24, 2.45) is 29.1 Å². The van der Waals surface area contributed by atoms with Crippen molar-refractivity contribution in [1.29, 1.82) is 0 Å². The fourth-order valence-electron chi connectivity index (χ4n) is 5.18. The molecule has 36 heavy (non-hydrogen) atoms. The second-order valence-electron chi connectivity index (χ2n) is 9.82. The minimum atomic E-state index is -7.95. The van der Waals surface area contributed by atoms with E-state index in [4.69, 9.17) is 0 Å². The minimum absolute atomic E-state index is 0.0592. The minimum Gasteiger partial charge on any atom is -0.459 e. The van der Waals surface area contributed by atoms with Gasteiger partial charge in [-0.15, -0.1) is 0 Å². The van der Waals surface area contributed by atoms with Gasteiger partial charge >= 0.3 is 41.5 Å². The molecule has 2 bridgehead atoms. The number of halogens is 14. The highest BCUT2D eigenvalue weighted by Crippen LogP contribution is 2.63. The number of hydrogen-bond donors (Lipinski definition) is 0. The van der Waals surface area contributed by atoms with Crippen LogP contribution in [0.5, 0.6) is 0 Å². The van der Waals surface area contributed by atoms with E-state index in [1.54, 1.807) is 6.92 Å². The number of fused-ring (bicyclic) bond motifs is 2. The van der Waals surface area contributed by atoms with Gasteiger partial charge in [-0.3, -0.25) is 4.79 Å². The Morgan fingerprint density at radius 2 is 1.25 bits per heavy atom. The summed E-state index contributed by atoms with van der Waals surface area (Å²) in [5.74, 6) is -46.3. The molecule has 0 saturated heterocycles. The molecule has 2 nitrogen and oxygen atoms in total. The van der Waals surface area contributed by atoms with E-state index in [1.807, 2.05) is 6.92 Å². The van der Waals surface area contributed by atoms with E-state index in [0.29, 0.717) is 6.42 Å². The summed E-state index contributed by atoms with van der Waals surface area (Å²) in [6.45, 7) is 1.83. The Labute approximate surface area is 195 Å². The highest BCUT2D eigenvalue weighted by Gasteiger charge is 2.90. The number of alkyl halides is 14. The zero-order chi connectivity index (χ0) is 28.5. The summed E-state index contributed by atoms with van der Waals surface area (Å²) in [5, 5.41) is 0. The molecule has 2 saturated carbocycles. The van der Waals surface area contributed by atoms with Crippen molar-refractivity contribution in [1.82, 2.24) is 0 Å². The summed E-state index contributed by atoms with van der Waals surface area (Å²) < 4.78 is 193. The fraction of sp³-hybridized carbons (Fsp3) is 0.950. The maximum atomic E-state index is 14.0. The van der Waals surface area contributed by atoms with Gasteiger partial charge in [0, 0.05) is 0 Å². The first kappa shape index (κ1) is 30.7. The standard InChI is InChI=1S/C20H22F14O2/c1-8-9(2)11-4-10(8)5-14(11,3)13(35)36-7-16(25,26)18(29,30)20(33,34)19(31,32)17(27,28)15(23,24)6-12(21)22/h8-12H,4-7H2,1-3H3. The molecule has 2 fully saturated rings. The van der Waals surface area contributed by atoms with Crippen molar-refractivity contribution in [3.8, 4) is 0 Å². The first-order valence-corrected chi connectivity index (χ1v) is 10.5. The van der Waals surface area contributed by atoms with Crippen LogP contribution in [-0.4, -0.2) is 54.5 Å². The predicted octanol–water partition coefficient (Wildman–Crippen LogP) is 7.31. The normalized spacial score (nSPS) is 30.3. The maximum Gasteiger partial charge on any atom is 0.384 e. The highest BCUT2D eigenvalue weighted by atomic mass is 19.4. The van der Waals surface area contributed by atoms with Crippen LogP contribution in [0.1, 0.15) is 40.0 Å². The second-order valence-corrected chi connectivity index (χ2v) is 9.82. The number of ether oxygens (including phenoxy) is 1. The lowest BCUT2D eigenvalue weighted by atomic mass is 9.67. The van der Waals surface area contributed by atoms with E-state index >= 15 is 0 Å². The van der Waals surface area contributed by atoms with Gasteiger partial charge in [-0.1, -0.05) is 13.8 Å². The molecule has 212 valence electrons. The summed E-state index contributed by atoms with van der Waals surface area (Å²) in [6.07, 6.45) is -7.44. The van der Waals surface area contributed by atoms with Crippen molar-refractivity contribution in [2.45, 2.75) is 82.0 Å². The smallest absolute Gasteiger partial charge is 0.384 e. The van der Waals surface area contributed by atoms with Crippen LogP contribution in [0.15, 0.2) is 0 Å². The molecule has 0 heterocycles. The molecule has 2 rings (SSSR count). The third-order valence-electron chi connectivity index (χ3n) is 7.63. The molecule has 0 amide bonds. The molecule has 2 aliphatic carbocycles. The summed E-state index contributed by atoms with van der Waals surface area (Å²) in [6, 6.07) is 0. The summed E-state index contributed by atoms with van der Waals surface area (Å²) >= 11 is 0. The Balaban J connectivity index is 2.28. The van der Waals surface area contributed by atoms with Crippen LogP contribution in [0.2, 0.25) is 0 Å². The summed E-state index contributed by atoms with van der Waals surface area (Å²) in [4.78, 5) is 12.4. The first-order chi connectivity index (χ1) is 15.8. The van der Waals surface area contributed by atoms with Gasteiger partial charge in [0.1, 0.15) is 0 Å². The highest BCUT2D eigenvalue weighted by molar-refractivity contribution is 5.77. The molecule has 0 aromatic heterocycles. The van der Waals surface area contributed by atoms with Crippen molar-refractivity contribution >= 4 is 5.97 Å². The largest absolute Gasteiger partial charge is 0.459 e. The van der Waals surface area contributed by atoms with Crippen molar-refractivity contribution < 1.29 is 71.0 Å². The summed E-state index contributed by atoms with van der Waals surface area (Å²) in [5.41, 5.74) is -1.52. The topological polar surface area (TPSA) is 26.3 Å². The molecule has 0 N–H and O–H groups in total. The van der Waals surface area contributed by atoms with Crippen molar-refractivity contribution in [3.05, 3.63) is 0 Å². The molecule has 2 aliphatic rings. The monoisotopic (exact) mass is 560 g/mol. The van der Waals surface area contributed by atoms with E-state index in [9.17, 15) is 66.3 Å². The van der Waals surface area contributed by atoms with Crippen LogP contribution in [0.3, 0.4) is 0 Å². The molecule has 0 spiro atoms. The van der Waals surface area contributed by atoms with E-state index in [1.165, 1.54) is 6.92 Å². The number of carbonyl (C=O) groups excluding carboxylic acids is 1. The maximum absolute atomic E-state index is 14.0. The van der Waals surface area contributed by atoms with Gasteiger partial charge in [-0.2, -0.15) is 52.7 Å². The van der Waals surface area contributed by atoms with Crippen LogP contribution in [0.25, 0.3) is 0 Å². The Morgan fingerprint density at radius 1 is 0.806 bits per heavy atom. The molecular formula is C20H22F14O2. The average molecular weight is 560 g/mol. The lowest BCUT2D eigenvalue weighted by Gasteiger charge is -2.41. The zero-order valence-corrected chi connectivity index (χ0v) is 18.8. The molecule has 0 aromatic carbocycles. The van der Waals surface area contributed by atoms with Crippen LogP contribution in [0.4, 0.5) is 61.5 Å². The lowest BCUT2D eigenvalue weighted by molar-refractivity contribution is -0.428. The van der Waals surface area contributed by atoms with Crippen LogP contribution in [-0.2, 0) is 9.53 Å². The number of hydrogen-bond acceptors (Lipinski definition) is 2. The molecule has 16 heteroatoms. The SMILES string of the molecule is CC1C2CC(C1C)C(C)(C(=O)OCC(F)(F)C(F)(F)C(F)(F)C(F)(F)C(F)(F)C(F)(F)CC(F)F)C2. The van der Waals surface area contributed by atoms with Crippen LogP contribution in [0, 0.1) is 29.1 Å². The third-order valence-corrected chi connectivity index (χ3v) is 7.63. The van der Waals surface area contributed by atoms with Crippen LogP contribution >= 0.6 is 0 Å². The van der Waals surface area contributed by atoms with E-state index in [2.05, 4.69) is 4.74 Å². The van der Waals surface area contributed by atoms with Gasteiger partial charge < -0.3 is 4.74 Å².